The highest BCUT2D eigenvalue weighted by atomic mass is 35.5. The van der Waals surface area contributed by atoms with Crippen LogP contribution >= 0.6 is 12.4 Å². The van der Waals surface area contributed by atoms with E-state index in [9.17, 15) is 4.79 Å². The number of nitrogens with zero attached hydrogens (tertiary/aromatic N) is 1. The van der Waals surface area contributed by atoms with Crippen molar-refractivity contribution in [2.24, 2.45) is 17.3 Å². The molecule has 0 bridgehead atoms. The predicted octanol–water partition coefficient (Wildman–Crippen LogP) is 4.29. The second-order valence-corrected chi connectivity index (χ2v) is 7.80. The van der Waals surface area contributed by atoms with Gasteiger partial charge in [-0.3, -0.25) is 9.69 Å². The van der Waals surface area contributed by atoms with Crippen LogP contribution in [0.15, 0.2) is 0 Å². The second-order valence-electron chi connectivity index (χ2n) is 7.80. The third-order valence-electron chi connectivity index (χ3n) is 5.28. The summed E-state index contributed by atoms with van der Waals surface area (Å²) in [6.45, 7) is 10.5. The van der Waals surface area contributed by atoms with Gasteiger partial charge in [-0.25, -0.2) is 0 Å². The molecule has 1 atom stereocenters. The molecule has 1 saturated carbocycles. The van der Waals surface area contributed by atoms with Crippen molar-refractivity contribution < 1.29 is 9.53 Å². The Balaban J connectivity index is 0.00000242. The third-order valence-corrected chi connectivity index (χ3v) is 5.28. The van der Waals surface area contributed by atoms with Crippen LogP contribution in [0.3, 0.4) is 0 Å². The van der Waals surface area contributed by atoms with E-state index in [1.807, 2.05) is 0 Å². The Morgan fingerprint density at radius 3 is 2.55 bits per heavy atom. The lowest BCUT2D eigenvalue weighted by atomic mass is 9.87. The summed E-state index contributed by atoms with van der Waals surface area (Å²) in [5.41, 5.74) is 0.429. The number of hydrogen-bond acceptors (Lipinski definition) is 3. The first-order valence-electron chi connectivity index (χ1n) is 8.91. The van der Waals surface area contributed by atoms with Crippen LogP contribution in [0.5, 0.6) is 0 Å². The Bertz CT molecular complexity index is 340. The molecular formula is C18H34ClNO2. The minimum Gasteiger partial charge on any atom is -0.464 e. The van der Waals surface area contributed by atoms with Gasteiger partial charge in [0.15, 0.2) is 0 Å². The molecule has 4 heteroatoms. The molecule has 2 fully saturated rings. The van der Waals surface area contributed by atoms with E-state index >= 15 is 0 Å². The van der Waals surface area contributed by atoms with E-state index < -0.39 is 0 Å². The molecule has 0 amide bonds. The average molecular weight is 332 g/mol. The molecule has 0 aromatic rings. The van der Waals surface area contributed by atoms with Gasteiger partial charge in [-0.05, 0) is 43.6 Å². The zero-order chi connectivity index (χ0) is 15.3. The highest BCUT2D eigenvalue weighted by Gasteiger charge is 2.32. The molecule has 1 aliphatic heterocycles. The summed E-state index contributed by atoms with van der Waals surface area (Å²) >= 11 is 0. The number of rotatable bonds is 7. The quantitative estimate of drug-likeness (QED) is 0.652. The third kappa shape index (κ3) is 5.73. The molecule has 2 aliphatic rings. The summed E-state index contributed by atoms with van der Waals surface area (Å²) in [5.74, 6) is 0.817. The molecule has 3 nitrogen and oxygen atoms in total. The normalized spacial score (nSPS) is 23.2. The largest absolute Gasteiger partial charge is 0.464 e. The number of carbonyl (C=O) groups is 1. The van der Waals surface area contributed by atoms with Crippen molar-refractivity contribution in [1.29, 1.82) is 0 Å². The second kappa shape index (κ2) is 9.12. The minimum absolute atomic E-state index is 0. The van der Waals surface area contributed by atoms with Gasteiger partial charge >= 0.3 is 5.97 Å². The molecule has 0 aromatic heterocycles. The number of esters is 1. The number of hydrogen-bond donors (Lipinski definition) is 0. The lowest BCUT2D eigenvalue weighted by molar-refractivity contribution is -0.151. The molecule has 2 rings (SSSR count). The summed E-state index contributed by atoms with van der Waals surface area (Å²) in [6, 6.07) is 0. The lowest BCUT2D eigenvalue weighted by Gasteiger charge is -2.23. The fourth-order valence-corrected chi connectivity index (χ4v) is 4.01. The summed E-state index contributed by atoms with van der Waals surface area (Å²) < 4.78 is 5.62. The Hall–Kier alpha value is -0.280. The van der Waals surface area contributed by atoms with Gasteiger partial charge < -0.3 is 4.74 Å². The van der Waals surface area contributed by atoms with Crippen molar-refractivity contribution >= 4 is 18.4 Å². The number of ether oxygens (including phenoxy) is 1. The van der Waals surface area contributed by atoms with Crippen LogP contribution in [0.25, 0.3) is 0 Å². The smallest absolute Gasteiger partial charge is 0.309 e. The van der Waals surface area contributed by atoms with Gasteiger partial charge in [0, 0.05) is 13.1 Å². The molecule has 130 valence electrons. The highest BCUT2D eigenvalue weighted by Crippen LogP contribution is 2.34. The van der Waals surface area contributed by atoms with Gasteiger partial charge in [0.25, 0.3) is 0 Å². The maximum absolute atomic E-state index is 12.4. The molecule has 0 N–H and O–H groups in total. The summed E-state index contributed by atoms with van der Waals surface area (Å²) in [6.07, 6.45) is 8.36. The first-order valence-corrected chi connectivity index (χ1v) is 8.91. The van der Waals surface area contributed by atoms with Crippen molar-refractivity contribution in [3.63, 3.8) is 0 Å². The monoisotopic (exact) mass is 331 g/mol. The van der Waals surface area contributed by atoms with Crippen LogP contribution in [0.4, 0.5) is 0 Å². The molecule has 1 aliphatic carbocycles. The first-order chi connectivity index (χ1) is 10.0. The van der Waals surface area contributed by atoms with Crippen molar-refractivity contribution in [2.75, 3.05) is 26.2 Å². The van der Waals surface area contributed by atoms with E-state index in [4.69, 9.17) is 4.74 Å². The Morgan fingerprint density at radius 1 is 1.32 bits per heavy atom. The predicted molar refractivity (Wildman–Crippen MR) is 93.4 cm³/mol. The molecule has 0 radical (unpaired) electrons. The van der Waals surface area contributed by atoms with Crippen molar-refractivity contribution in [2.45, 2.75) is 65.7 Å². The number of halogens is 1. The van der Waals surface area contributed by atoms with Crippen LogP contribution in [-0.2, 0) is 9.53 Å². The van der Waals surface area contributed by atoms with Gasteiger partial charge in [0.05, 0.1) is 5.92 Å². The maximum atomic E-state index is 12.4. The fraction of sp³-hybridized carbons (Fsp3) is 0.944. The topological polar surface area (TPSA) is 29.5 Å². The minimum atomic E-state index is 0. The van der Waals surface area contributed by atoms with E-state index in [0.717, 1.165) is 32.5 Å². The van der Waals surface area contributed by atoms with Crippen LogP contribution in [0.1, 0.15) is 65.7 Å². The summed E-state index contributed by atoms with van der Waals surface area (Å²) in [7, 11) is 0. The molecule has 22 heavy (non-hydrogen) atoms. The van der Waals surface area contributed by atoms with Crippen molar-refractivity contribution in [3.05, 3.63) is 0 Å². The van der Waals surface area contributed by atoms with Gasteiger partial charge in [0.1, 0.15) is 6.61 Å². The molecule has 1 unspecified atom stereocenters. The molecular weight excluding hydrogens is 298 g/mol. The highest BCUT2D eigenvalue weighted by molar-refractivity contribution is 5.85. The summed E-state index contributed by atoms with van der Waals surface area (Å²) in [4.78, 5) is 14.8. The zero-order valence-corrected chi connectivity index (χ0v) is 15.4. The SMILES string of the molecule is CCCC(C(=O)OCCN1CCC(C)(C)C1)C1CCCC1.Cl. The zero-order valence-electron chi connectivity index (χ0n) is 14.6. The van der Waals surface area contributed by atoms with Crippen molar-refractivity contribution in [3.8, 4) is 0 Å². The van der Waals surface area contributed by atoms with Crippen LogP contribution < -0.4 is 0 Å². The Kier molecular flexibility index (Phi) is 8.20. The van der Waals surface area contributed by atoms with Crippen LogP contribution in [-0.4, -0.2) is 37.1 Å². The number of likely N-dealkylation sites (tertiary alicyclic amines) is 1. The lowest BCUT2D eigenvalue weighted by Crippen LogP contribution is -2.30. The first kappa shape index (κ1) is 19.8. The van der Waals surface area contributed by atoms with E-state index in [2.05, 4.69) is 25.7 Å². The maximum Gasteiger partial charge on any atom is 0.309 e. The standard InChI is InChI=1S/C18H33NO2.ClH/c1-4-7-16(15-8-5-6-9-15)17(20)21-13-12-19-11-10-18(2,3)14-19;/h15-16H,4-14H2,1-3H3;1H. The van der Waals surface area contributed by atoms with Gasteiger partial charge in [-0.1, -0.05) is 40.0 Å². The van der Waals surface area contributed by atoms with E-state index in [-0.39, 0.29) is 24.3 Å². The molecule has 1 saturated heterocycles. The van der Waals surface area contributed by atoms with Crippen molar-refractivity contribution in [1.82, 2.24) is 4.90 Å². The Morgan fingerprint density at radius 2 is 2.00 bits per heavy atom. The molecule has 0 spiro atoms. The van der Waals surface area contributed by atoms with Gasteiger partial charge in [0.2, 0.25) is 0 Å². The fourth-order valence-electron chi connectivity index (χ4n) is 4.01. The van der Waals surface area contributed by atoms with Gasteiger partial charge in [-0.15, -0.1) is 12.4 Å². The average Bonchev–Trinajstić information content (AvgIpc) is 3.05. The van der Waals surface area contributed by atoms with E-state index in [0.29, 0.717) is 17.9 Å². The molecule has 0 aromatic carbocycles. The van der Waals surface area contributed by atoms with E-state index in [1.54, 1.807) is 0 Å². The van der Waals surface area contributed by atoms with Crippen LogP contribution in [0, 0.1) is 17.3 Å². The summed E-state index contributed by atoms with van der Waals surface area (Å²) in [5, 5.41) is 0. The van der Waals surface area contributed by atoms with E-state index in [1.165, 1.54) is 32.1 Å². The Labute approximate surface area is 142 Å². The molecule has 1 heterocycles. The van der Waals surface area contributed by atoms with Gasteiger partial charge in [-0.2, -0.15) is 0 Å². The van der Waals surface area contributed by atoms with Crippen LogP contribution in [0.2, 0.25) is 0 Å². The number of carbonyl (C=O) groups excluding carboxylic acids is 1.